The van der Waals surface area contributed by atoms with Gasteiger partial charge in [-0.3, -0.25) is 4.79 Å². The summed E-state index contributed by atoms with van der Waals surface area (Å²) in [5.74, 6) is 1.34. The summed E-state index contributed by atoms with van der Waals surface area (Å²) in [5.41, 5.74) is 0.624. The minimum Gasteiger partial charge on any atom is -0.486 e. The quantitative estimate of drug-likeness (QED) is 0.844. The number of fused-ring (bicyclic) bond motifs is 1. The highest BCUT2D eigenvalue weighted by molar-refractivity contribution is 5.95. The summed E-state index contributed by atoms with van der Waals surface area (Å²) in [7, 11) is 3.52. The Kier molecular flexibility index (Phi) is 3.53. The number of methoxy groups -OCH3 is 1. The first-order valence-corrected chi connectivity index (χ1v) is 6.90. The molecule has 0 spiro atoms. The maximum absolute atomic E-state index is 12.5. The smallest absolute Gasteiger partial charge is 0.254 e. The molecule has 5 heteroatoms. The van der Waals surface area contributed by atoms with Crippen molar-refractivity contribution in [3.8, 4) is 11.5 Å². The molecule has 1 aromatic rings. The number of nitrogens with zero attached hydrogens (tertiary/aromatic N) is 1. The minimum atomic E-state index is -0.00581. The molecule has 1 fully saturated rings. The number of rotatable bonds is 3. The van der Waals surface area contributed by atoms with E-state index in [-0.39, 0.29) is 18.1 Å². The lowest BCUT2D eigenvalue weighted by Gasteiger charge is -2.41. The van der Waals surface area contributed by atoms with E-state index in [1.165, 1.54) is 0 Å². The molecule has 2 aliphatic rings. The summed E-state index contributed by atoms with van der Waals surface area (Å²) >= 11 is 0. The monoisotopic (exact) mass is 277 g/mol. The summed E-state index contributed by atoms with van der Waals surface area (Å²) < 4.78 is 16.3. The number of amides is 1. The molecule has 2 atom stereocenters. The highest BCUT2D eigenvalue weighted by atomic mass is 16.6. The lowest BCUT2D eigenvalue weighted by Crippen LogP contribution is -2.51. The van der Waals surface area contributed by atoms with Crippen LogP contribution in [0.3, 0.4) is 0 Å². The van der Waals surface area contributed by atoms with Gasteiger partial charge in [-0.05, 0) is 31.0 Å². The molecule has 108 valence electrons. The third-order valence-electron chi connectivity index (χ3n) is 4.09. The molecule has 0 aromatic heterocycles. The van der Waals surface area contributed by atoms with Crippen LogP contribution >= 0.6 is 0 Å². The van der Waals surface area contributed by atoms with E-state index in [1.807, 2.05) is 7.05 Å². The predicted octanol–water partition coefficient (Wildman–Crippen LogP) is 1.71. The Morgan fingerprint density at radius 1 is 1.25 bits per heavy atom. The highest BCUT2D eigenvalue weighted by Gasteiger charge is 2.36. The van der Waals surface area contributed by atoms with E-state index < -0.39 is 0 Å². The fraction of sp³-hybridized carbons (Fsp3) is 0.533. The van der Waals surface area contributed by atoms with Crippen LogP contribution in [0.2, 0.25) is 0 Å². The van der Waals surface area contributed by atoms with Crippen LogP contribution < -0.4 is 9.47 Å². The van der Waals surface area contributed by atoms with E-state index in [1.54, 1.807) is 30.2 Å². The van der Waals surface area contributed by atoms with Crippen molar-refractivity contribution in [3.05, 3.63) is 23.8 Å². The predicted molar refractivity (Wildman–Crippen MR) is 73.3 cm³/mol. The van der Waals surface area contributed by atoms with Crippen molar-refractivity contribution in [2.24, 2.45) is 0 Å². The molecular formula is C15H19NO4. The van der Waals surface area contributed by atoms with Crippen LogP contribution in [0.4, 0.5) is 0 Å². The van der Waals surface area contributed by atoms with Gasteiger partial charge in [0.1, 0.15) is 13.2 Å². The van der Waals surface area contributed by atoms with Crippen LogP contribution in [0, 0.1) is 0 Å². The molecule has 1 aromatic carbocycles. The normalized spacial score (nSPS) is 23.9. The Morgan fingerprint density at radius 3 is 2.65 bits per heavy atom. The Bertz CT molecular complexity index is 515. The van der Waals surface area contributed by atoms with Crippen LogP contribution in [0.1, 0.15) is 23.2 Å². The van der Waals surface area contributed by atoms with Gasteiger partial charge in [-0.25, -0.2) is 0 Å². The van der Waals surface area contributed by atoms with Crippen LogP contribution in [0.25, 0.3) is 0 Å². The van der Waals surface area contributed by atoms with Crippen LogP contribution in [0.15, 0.2) is 18.2 Å². The molecule has 1 amide bonds. The topological polar surface area (TPSA) is 48.0 Å². The van der Waals surface area contributed by atoms with Crippen molar-refractivity contribution in [2.75, 3.05) is 27.4 Å². The summed E-state index contributed by atoms with van der Waals surface area (Å²) in [6.07, 6.45) is 2.16. The third-order valence-corrected chi connectivity index (χ3v) is 4.09. The number of ether oxygens (including phenoxy) is 3. The van der Waals surface area contributed by atoms with Gasteiger partial charge in [0.05, 0.1) is 12.1 Å². The van der Waals surface area contributed by atoms with E-state index in [0.29, 0.717) is 30.3 Å². The zero-order valence-electron chi connectivity index (χ0n) is 11.8. The van der Waals surface area contributed by atoms with Crippen molar-refractivity contribution in [1.29, 1.82) is 0 Å². The van der Waals surface area contributed by atoms with Gasteiger partial charge in [0.15, 0.2) is 11.5 Å². The number of carbonyl (C=O) groups excluding carboxylic acids is 1. The van der Waals surface area contributed by atoms with Crippen molar-refractivity contribution in [1.82, 2.24) is 4.90 Å². The summed E-state index contributed by atoms with van der Waals surface area (Å²) in [6, 6.07) is 5.51. The van der Waals surface area contributed by atoms with E-state index in [4.69, 9.17) is 14.2 Å². The summed E-state index contributed by atoms with van der Waals surface area (Å²) in [6.45, 7) is 1.08. The van der Waals surface area contributed by atoms with Gasteiger partial charge in [-0.15, -0.1) is 0 Å². The standard InChI is InChI=1S/C15H19NO4/c1-16(11-4-6-12(11)18-2)15(17)10-3-5-13-14(9-10)20-8-7-19-13/h3,5,9,11-12H,4,6-8H2,1-2H3/t11-,12-/m1/s1. The van der Waals surface area contributed by atoms with E-state index in [9.17, 15) is 4.79 Å². The Hall–Kier alpha value is -1.75. The molecule has 1 aliphatic heterocycles. The second-order valence-corrected chi connectivity index (χ2v) is 5.19. The van der Waals surface area contributed by atoms with Crippen LogP contribution in [0.5, 0.6) is 11.5 Å². The van der Waals surface area contributed by atoms with Crippen molar-refractivity contribution >= 4 is 5.91 Å². The van der Waals surface area contributed by atoms with Gasteiger partial charge < -0.3 is 19.1 Å². The van der Waals surface area contributed by atoms with Gasteiger partial charge >= 0.3 is 0 Å². The average molecular weight is 277 g/mol. The molecule has 0 saturated heterocycles. The maximum Gasteiger partial charge on any atom is 0.254 e. The lowest BCUT2D eigenvalue weighted by atomic mass is 9.87. The molecule has 0 unspecified atom stereocenters. The first-order valence-electron chi connectivity index (χ1n) is 6.90. The molecule has 1 heterocycles. The molecule has 20 heavy (non-hydrogen) atoms. The van der Waals surface area contributed by atoms with E-state index >= 15 is 0 Å². The molecule has 3 rings (SSSR count). The first kappa shape index (κ1) is 13.2. The highest BCUT2D eigenvalue weighted by Crippen LogP contribution is 2.32. The van der Waals surface area contributed by atoms with Crippen LogP contribution in [-0.2, 0) is 4.74 Å². The molecule has 0 bridgehead atoms. The number of carbonyl (C=O) groups is 1. The number of hydrogen-bond donors (Lipinski definition) is 0. The molecule has 0 N–H and O–H groups in total. The van der Waals surface area contributed by atoms with Crippen LogP contribution in [-0.4, -0.2) is 50.3 Å². The lowest BCUT2D eigenvalue weighted by molar-refractivity contribution is -0.0325. The van der Waals surface area contributed by atoms with Gasteiger partial charge in [-0.2, -0.15) is 0 Å². The summed E-state index contributed by atoms with van der Waals surface area (Å²) in [5, 5.41) is 0. The summed E-state index contributed by atoms with van der Waals surface area (Å²) in [4.78, 5) is 14.3. The molecule has 5 nitrogen and oxygen atoms in total. The zero-order chi connectivity index (χ0) is 14.1. The number of hydrogen-bond acceptors (Lipinski definition) is 4. The maximum atomic E-state index is 12.5. The van der Waals surface area contributed by atoms with Gasteiger partial charge in [-0.1, -0.05) is 0 Å². The van der Waals surface area contributed by atoms with Crippen molar-refractivity contribution in [3.63, 3.8) is 0 Å². The Morgan fingerprint density at radius 2 is 2.00 bits per heavy atom. The largest absolute Gasteiger partial charge is 0.486 e. The van der Waals surface area contributed by atoms with E-state index in [2.05, 4.69) is 0 Å². The first-order chi connectivity index (χ1) is 9.70. The SMILES string of the molecule is CO[C@@H]1CC[C@H]1N(C)C(=O)c1ccc2c(c1)OCCO2. The van der Waals surface area contributed by atoms with Gasteiger partial charge in [0.25, 0.3) is 5.91 Å². The third kappa shape index (κ3) is 2.22. The zero-order valence-corrected chi connectivity index (χ0v) is 11.8. The molecule has 0 radical (unpaired) electrons. The second kappa shape index (κ2) is 5.32. The molecule has 1 aliphatic carbocycles. The second-order valence-electron chi connectivity index (χ2n) is 5.19. The molecular weight excluding hydrogens is 258 g/mol. The Labute approximate surface area is 118 Å². The number of likely N-dealkylation sites (N-methyl/N-ethyl adjacent to an activating group) is 1. The molecule has 1 saturated carbocycles. The van der Waals surface area contributed by atoms with Crippen molar-refractivity contribution in [2.45, 2.75) is 25.0 Å². The number of benzene rings is 1. The van der Waals surface area contributed by atoms with Crippen molar-refractivity contribution < 1.29 is 19.0 Å². The van der Waals surface area contributed by atoms with Gasteiger partial charge in [0, 0.05) is 19.7 Å². The van der Waals surface area contributed by atoms with Gasteiger partial charge in [0.2, 0.25) is 0 Å². The fourth-order valence-corrected chi connectivity index (χ4v) is 2.70. The fourth-order valence-electron chi connectivity index (χ4n) is 2.70. The average Bonchev–Trinajstić information content (AvgIpc) is 2.45. The van der Waals surface area contributed by atoms with E-state index in [0.717, 1.165) is 12.8 Å². The minimum absolute atomic E-state index is 0.00581. The Balaban J connectivity index is 1.76.